The molecule has 0 bridgehead atoms. The lowest BCUT2D eigenvalue weighted by Gasteiger charge is -2.19. The summed E-state index contributed by atoms with van der Waals surface area (Å²) in [6.07, 6.45) is 0.891. The topological polar surface area (TPSA) is 53.7 Å². The SMILES string of the molecule is NCCc1ccc(OCc2ccc3c(c2)OCCO3)cc1. The Hall–Kier alpha value is -2.20. The number of benzene rings is 2. The van der Waals surface area contributed by atoms with E-state index in [1.165, 1.54) is 5.56 Å². The fourth-order valence-electron chi connectivity index (χ4n) is 2.26. The number of nitrogens with two attached hydrogens (primary N) is 1. The van der Waals surface area contributed by atoms with Gasteiger partial charge in [-0.05, 0) is 48.4 Å². The first-order chi connectivity index (χ1) is 10.3. The maximum absolute atomic E-state index is 5.79. The minimum absolute atomic E-state index is 0.507. The van der Waals surface area contributed by atoms with Gasteiger partial charge in [0.05, 0.1) is 0 Å². The molecule has 21 heavy (non-hydrogen) atoms. The summed E-state index contributed by atoms with van der Waals surface area (Å²) in [7, 11) is 0. The molecule has 4 heteroatoms. The zero-order chi connectivity index (χ0) is 14.5. The molecule has 2 N–H and O–H groups in total. The summed E-state index contributed by atoms with van der Waals surface area (Å²) in [5.74, 6) is 2.45. The number of hydrogen-bond donors (Lipinski definition) is 1. The van der Waals surface area contributed by atoms with E-state index in [0.29, 0.717) is 26.4 Å². The smallest absolute Gasteiger partial charge is 0.161 e. The Morgan fingerprint density at radius 3 is 2.38 bits per heavy atom. The van der Waals surface area contributed by atoms with Crippen LogP contribution in [0.2, 0.25) is 0 Å². The summed E-state index contributed by atoms with van der Waals surface area (Å²) in [5, 5.41) is 0. The Morgan fingerprint density at radius 1 is 0.905 bits per heavy atom. The quantitative estimate of drug-likeness (QED) is 0.917. The van der Waals surface area contributed by atoms with Gasteiger partial charge in [-0.1, -0.05) is 18.2 Å². The minimum atomic E-state index is 0.507. The molecule has 0 saturated carbocycles. The van der Waals surface area contributed by atoms with Gasteiger partial charge in [-0.2, -0.15) is 0 Å². The van der Waals surface area contributed by atoms with Crippen molar-refractivity contribution in [2.45, 2.75) is 13.0 Å². The van der Waals surface area contributed by atoms with Crippen molar-refractivity contribution in [2.75, 3.05) is 19.8 Å². The molecular weight excluding hydrogens is 266 g/mol. The van der Waals surface area contributed by atoms with Crippen LogP contribution in [-0.2, 0) is 13.0 Å². The molecule has 2 aromatic carbocycles. The van der Waals surface area contributed by atoms with Gasteiger partial charge in [-0.15, -0.1) is 0 Å². The van der Waals surface area contributed by atoms with Gasteiger partial charge in [0.15, 0.2) is 11.5 Å². The Morgan fingerprint density at radius 2 is 1.62 bits per heavy atom. The molecule has 0 saturated heterocycles. The van der Waals surface area contributed by atoms with E-state index in [9.17, 15) is 0 Å². The normalized spacial score (nSPS) is 13.0. The van der Waals surface area contributed by atoms with Crippen LogP contribution in [0.1, 0.15) is 11.1 Å². The van der Waals surface area contributed by atoms with Crippen LogP contribution in [0.25, 0.3) is 0 Å². The number of hydrogen-bond acceptors (Lipinski definition) is 4. The summed E-state index contributed by atoms with van der Waals surface area (Å²) in [5.41, 5.74) is 7.82. The molecule has 0 radical (unpaired) electrons. The first-order valence-electron chi connectivity index (χ1n) is 7.15. The largest absolute Gasteiger partial charge is 0.489 e. The predicted molar refractivity (Wildman–Crippen MR) is 81.0 cm³/mol. The predicted octanol–water partition coefficient (Wildman–Crippen LogP) is 2.54. The number of ether oxygens (including phenoxy) is 3. The highest BCUT2D eigenvalue weighted by Crippen LogP contribution is 2.31. The lowest BCUT2D eigenvalue weighted by molar-refractivity contribution is 0.171. The Kier molecular flexibility index (Phi) is 4.26. The number of fused-ring (bicyclic) bond motifs is 1. The van der Waals surface area contributed by atoms with Crippen LogP contribution >= 0.6 is 0 Å². The summed E-state index contributed by atoms with van der Waals surface area (Å²) in [6, 6.07) is 13.9. The van der Waals surface area contributed by atoms with Crippen LogP contribution in [0.5, 0.6) is 17.2 Å². The second kappa shape index (κ2) is 6.50. The van der Waals surface area contributed by atoms with Crippen molar-refractivity contribution in [3.8, 4) is 17.2 Å². The molecule has 0 amide bonds. The monoisotopic (exact) mass is 285 g/mol. The van der Waals surface area contributed by atoms with Gasteiger partial charge in [-0.3, -0.25) is 0 Å². The lowest BCUT2D eigenvalue weighted by atomic mass is 10.1. The van der Waals surface area contributed by atoms with Crippen LogP contribution in [0.3, 0.4) is 0 Å². The van der Waals surface area contributed by atoms with E-state index in [1.807, 2.05) is 42.5 Å². The van der Waals surface area contributed by atoms with E-state index in [-0.39, 0.29) is 0 Å². The molecule has 0 aliphatic carbocycles. The summed E-state index contributed by atoms with van der Waals surface area (Å²) in [4.78, 5) is 0. The molecule has 4 nitrogen and oxygen atoms in total. The molecule has 1 aliphatic heterocycles. The Labute approximate surface area is 124 Å². The van der Waals surface area contributed by atoms with Gasteiger partial charge < -0.3 is 19.9 Å². The standard InChI is InChI=1S/C17H19NO3/c18-8-7-13-1-4-15(5-2-13)21-12-14-3-6-16-17(11-14)20-10-9-19-16/h1-6,11H,7-10,12,18H2. The molecule has 3 rings (SSSR count). The van der Waals surface area contributed by atoms with E-state index in [4.69, 9.17) is 19.9 Å². The molecule has 0 fully saturated rings. The van der Waals surface area contributed by atoms with Crippen molar-refractivity contribution in [3.05, 3.63) is 53.6 Å². The maximum atomic E-state index is 5.79. The first kappa shape index (κ1) is 13.8. The van der Waals surface area contributed by atoms with Crippen LogP contribution < -0.4 is 19.9 Å². The van der Waals surface area contributed by atoms with E-state index in [1.54, 1.807) is 0 Å². The van der Waals surface area contributed by atoms with Gasteiger partial charge in [0, 0.05) is 0 Å². The third-order valence-electron chi connectivity index (χ3n) is 3.37. The molecule has 1 heterocycles. The second-order valence-corrected chi connectivity index (χ2v) is 4.95. The van der Waals surface area contributed by atoms with E-state index < -0.39 is 0 Å². The van der Waals surface area contributed by atoms with Crippen molar-refractivity contribution in [1.82, 2.24) is 0 Å². The van der Waals surface area contributed by atoms with Crippen molar-refractivity contribution in [1.29, 1.82) is 0 Å². The van der Waals surface area contributed by atoms with Crippen molar-refractivity contribution in [2.24, 2.45) is 5.73 Å². The first-order valence-corrected chi connectivity index (χ1v) is 7.15. The zero-order valence-electron chi connectivity index (χ0n) is 11.9. The third kappa shape index (κ3) is 3.47. The fourth-order valence-corrected chi connectivity index (χ4v) is 2.26. The molecular formula is C17H19NO3. The third-order valence-corrected chi connectivity index (χ3v) is 3.37. The molecule has 1 aliphatic rings. The zero-order valence-corrected chi connectivity index (χ0v) is 11.9. The molecule has 0 spiro atoms. The van der Waals surface area contributed by atoms with Gasteiger partial charge in [-0.25, -0.2) is 0 Å². The minimum Gasteiger partial charge on any atom is -0.489 e. The molecule has 0 unspecified atom stereocenters. The van der Waals surface area contributed by atoms with Crippen molar-refractivity contribution in [3.63, 3.8) is 0 Å². The summed E-state index contributed by atoms with van der Waals surface area (Å²) >= 11 is 0. The highest BCUT2D eigenvalue weighted by Gasteiger charge is 2.11. The lowest BCUT2D eigenvalue weighted by Crippen LogP contribution is -2.15. The van der Waals surface area contributed by atoms with Gasteiger partial charge in [0.2, 0.25) is 0 Å². The number of rotatable bonds is 5. The highest BCUT2D eigenvalue weighted by atomic mass is 16.6. The summed E-state index contributed by atoms with van der Waals surface area (Å²) < 4.78 is 16.9. The molecule has 0 aromatic heterocycles. The van der Waals surface area contributed by atoms with Crippen LogP contribution in [0.15, 0.2) is 42.5 Å². The van der Waals surface area contributed by atoms with Crippen LogP contribution in [-0.4, -0.2) is 19.8 Å². The van der Waals surface area contributed by atoms with Gasteiger partial charge in [0.1, 0.15) is 25.6 Å². The van der Waals surface area contributed by atoms with E-state index in [2.05, 4.69) is 0 Å². The van der Waals surface area contributed by atoms with Gasteiger partial charge in [0.25, 0.3) is 0 Å². The highest BCUT2D eigenvalue weighted by molar-refractivity contribution is 5.43. The van der Waals surface area contributed by atoms with Crippen LogP contribution in [0.4, 0.5) is 0 Å². The van der Waals surface area contributed by atoms with Crippen molar-refractivity contribution < 1.29 is 14.2 Å². The van der Waals surface area contributed by atoms with Crippen LogP contribution in [0, 0.1) is 0 Å². The second-order valence-electron chi connectivity index (χ2n) is 4.95. The molecule has 2 aromatic rings. The van der Waals surface area contributed by atoms with Gasteiger partial charge >= 0.3 is 0 Å². The van der Waals surface area contributed by atoms with E-state index in [0.717, 1.165) is 29.2 Å². The Balaban J connectivity index is 1.61. The summed E-state index contributed by atoms with van der Waals surface area (Å²) in [6.45, 7) is 2.38. The molecule has 0 atom stereocenters. The van der Waals surface area contributed by atoms with E-state index >= 15 is 0 Å². The Bertz CT molecular complexity index is 595. The fraction of sp³-hybridized carbons (Fsp3) is 0.294. The average molecular weight is 285 g/mol. The molecule has 110 valence electrons. The van der Waals surface area contributed by atoms with Crippen molar-refractivity contribution >= 4 is 0 Å². The maximum Gasteiger partial charge on any atom is 0.161 e. The average Bonchev–Trinajstić information content (AvgIpc) is 2.54.